The van der Waals surface area contributed by atoms with Gasteiger partial charge >= 0.3 is 5.97 Å². The molecule has 1 aromatic carbocycles. The molecule has 0 bridgehead atoms. The topological polar surface area (TPSA) is 50.4 Å². The molecule has 5 heteroatoms. The molecule has 0 radical (unpaired) electrons. The molecular formula is C12H10BrFO3. The lowest BCUT2D eigenvalue weighted by atomic mass is 10.1. The number of carbonyl (C=O) groups is 1. The Morgan fingerprint density at radius 1 is 1.18 bits per heavy atom. The number of halogens is 2. The number of benzene rings is 1. The Morgan fingerprint density at radius 3 is 2.35 bits per heavy atom. The molecule has 1 heterocycles. The van der Waals surface area contributed by atoms with Crippen LogP contribution in [-0.4, -0.2) is 11.1 Å². The summed E-state index contributed by atoms with van der Waals surface area (Å²) in [6.45, 7) is 0. The molecule has 0 amide bonds. The maximum absolute atomic E-state index is 12.6. The molecule has 2 rings (SSSR count). The lowest BCUT2D eigenvalue weighted by molar-refractivity contribution is 0.0660. The van der Waals surface area contributed by atoms with Crippen LogP contribution < -0.4 is 0 Å². The minimum Gasteiger partial charge on any atom is -0.475 e. The largest absolute Gasteiger partial charge is 0.475 e. The summed E-state index contributed by atoms with van der Waals surface area (Å²) in [6, 6.07) is 9.00. The Labute approximate surface area is 108 Å². The predicted molar refractivity (Wildman–Crippen MR) is 65.2 cm³/mol. The summed E-state index contributed by atoms with van der Waals surface area (Å²) in [7, 11) is 0. The smallest absolute Gasteiger partial charge is 0.371 e. The molecule has 17 heavy (non-hydrogen) atoms. The van der Waals surface area contributed by atoms with Gasteiger partial charge in [0.2, 0.25) is 5.76 Å². The van der Waals surface area contributed by atoms with Gasteiger partial charge in [-0.1, -0.05) is 12.1 Å². The summed E-state index contributed by atoms with van der Waals surface area (Å²) < 4.78 is 17.7. The summed E-state index contributed by atoms with van der Waals surface area (Å²) in [5, 5.41) is 8.66. The van der Waals surface area contributed by atoms with E-state index in [1.807, 2.05) is 0 Å². The van der Waals surface area contributed by atoms with Crippen molar-refractivity contribution < 1.29 is 18.7 Å². The molecule has 0 aliphatic heterocycles. The van der Waals surface area contributed by atoms with Crippen LogP contribution in [0.15, 0.2) is 40.8 Å². The van der Waals surface area contributed by atoms with Gasteiger partial charge in [0.15, 0.2) is 0 Å². The van der Waals surface area contributed by atoms with E-state index in [0.717, 1.165) is 5.56 Å². The molecule has 3 nitrogen and oxygen atoms in total. The molecule has 0 atom stereocenters. The number of aromatic carboxylic acids is 1. The number of hydrogen-bond acceptors (Lipinski definition) is 2. The van der Waals surface area contributed by atoms with E-state index in [1.54, 1.807) is 18.2 Å². The van der Waals surface area contributed by atoms with Crippen LogP contribution in [0.25, 0.3) is 0 Å². The lowest BCUT2D eigenvalue weighted by Gasteiger charge is -1.97. The van der Waals surface area contributed by atoms with Crippen LogP contribution >= 0.6 is 17.0 Å². The van der Waals surface area contributed by atoms with Gasteiger partial charge in [0.1, 0.15) is 11.6 Å². The maximum atomic E-state index is 12.6. The van der Waals surface area contributed by atoms with E-state index in [1.165, 1.54) is 18.2 Å². The first kappa shape index (κ1) is 13.4. The van der Waals surface area contributed by atoms with Gasteiger partial charge in [0.05, 0.1) is 0 Å². The first-order valence-corrected chi connectivity index (χ1v) is 4.71. The van der Waals surface area contributed by atoms with Crippen LogP contribution in [0.5, 0.6) is 0 Å². The average molecular weight is 301 g/mol. The van der Waals surface area contributed by atoms with Crippen molar-refractivity contribution in [2.75, 3.05) is 0 Å². The van der Waals surface area contributed by atoms with Crippen LogP contribution in [-0.2, 0) is 6.42 Å². The zero-order valence-electron chi connectivity index (χ0n) is 8.72. The molecule has 0 saturated heterocycles. The molecule has 1 aromatic heterocycles. The minimum absolute atomic E-state index is 0. The SMILES string of the molecule is Br.O=C(O)c1ccc(Cc2ccc(F)cc2)o1. The van der Waals surface area contributed by atoms with Gasteiger partial charge in [-0.3, -0.25) is 0 Å². The highest BCUT2D eigenvalue weighted by Gasteiger charge is 2.09. The van der Waals surface area contributed by atoms with Crippen molar-refractivity contribution in [1.29, 1.82) is 0 Å². The van der Waals surface area contributed by atoms with E-state index in [2.05, 4.69) is 0 Å². The normalized spacial score (nSPS) is 9.71. The van der Waals surface area contributed by atoms with Crippen molar-refractivity contribution in [2.24, 2.45) is 0 Å². The molecule has 2 aromatic rings. The fraction of sp³-hybridized carbons (Fsp3) is 0.0833. The predicted octanol–water partition coefficient (Wildman–Crippen LogP) is 3.29. The zero-order chi connectivity index (χ0) is 11.5. The average Bonchev–Trinajstić information content (AvgIpc) is 2.70. The van der Waals surface area contributed by atoms with Crippen molar-refractivity contribution in [3.8, 4) is 0 Å². The van der Waals surface area contributed by atoms with Crippen LogP contribution in [0, 0.1) is 5.82 Å². The van der Waals surface area contributed by atoms with Crippen molar-refractivity contribution in [3.05, 3.63) is 59.3 Å². The fourth-order valence-corrected chi connectivity index (χ4v) is 1.39. The Kier molecular flexibility index (Phi) is 4.45. The number of carboxylic acid groups (broad SMARTS) is 1. The van der Waals surface area contributed by atoms with Crippen molar-refractivity contribution in [1.82, 2.24) is 0 Å². The molecule has 1 N–H and O–H groups in total. The van der Waals surface area contributed by atoms with Gasteiger partial charge in [-0.15, -0.1) is 17.0 Å². The number of furan rings is 1. The lowest BCUT2D eigenvalue weighted by Crippen LogP contribution is -1.92. The third-order valence-corrected chi connectivity index (χ3v) is 2.16. The monoisotopic (exact) mass is 300 g/mol. The van der Waals surface area contributed by atoms with Gasteiger partial charge in [-0.2, -0.15) is 0 Å². The second-order valence-electron chi connectivity index (χ2n) is 3.37. The van der Waals surface area contributed by atoms with E-state index in [9.17, 15) is 9.18 Å². The molecule has 0 aliphatic rings. The first-order valence-electron chi connectivity index (χ1n) is 4.71. The maximum Gasteiger partial charge on any atom is 0.371 e. The summed E-state index contributed by atoms with van der Waals surface area (Å²) >= 11 is 0. The van der Waals surface area contributed by atoms with Crippen molar-refractivity contribution in [2.45, 2.75) is 6.42 Å². The third-order valence-electron chi connectivity index (χ3n) is 2.16. The highest BCUT2D eigenvalue weighted by atomic mass is 79.9. The van der Waals surface area contributed by atoms with Crippen LogP contribution in [0.1, 0.15) is 21.9 Å². The molecule has 0 unspecified atom stereocenters. The number of hydrogen-bond donors (Lipinski definition) is 1. The van der Waals surface area contributed by atoms with E-state index >= 15 is 0 Å². The van der Waals surface area contributed by atoms with E-state index in [-0.39, 0.29) is 28.6 Å². The van der Waals surface area contributed by atoms with Gasteiger partial charge in [-0.25, -0.2) is 9.18 Å². The summed E-state index contributed by atoms with van der Waals surface area (Å²) in [6.07, 6.45) is 0.452. The zero-order valence-corrected chi connectivity index (χ0v) is 10.4. The van der Waals surface area contributed by atoms with Gasteiger partial charge in [-0.05, 0) is 29.8 Å². The van der Waals surface area contributed by atoms with Crippen LogP contribution in [0.3, 0.4) is 0 Å². The van der Waals surface area contributed by atoms with E-state index < -0.39 is 5.97 Å². The molecule has 0 fully saturated rings. The molecular weight excluding hydrogens is 291 g/mol. The fourth-order valence-electron chi connectivity index (χ4n) is 1.39. The van der Waals surface area contributed by atoms with E-state index in [0.29, 0.717) is 12.2 Å². The van der Waals surface area contributed by atoms with Crippen molar-refractivity contribution in [3.63, 3.8) is 0 Å². The molecule has 90 valence electrons. The van der Waals surface area contributed by atoms with Crippen LogP contribution in [0.2, 0.25) is 0 Å². The summed E-state index contributed by atoms with van der Waals surface area (Å²) in [5.74, 6) is -0.930. The molecule has 0 saturated carbocycles. The summed E-state index contributed by atoms with van der Waals surface area (Å²) in [5.41, 5.74) is 0.868. The standard InChI is InChI=1S/C12H9FO3.BrH/c13-9-3-1-8(2-4-9)7-10-5-6-11(16-10)12(14)15;/h1-6H,7H2,(H,14,15);1H. The second kappa shape index (κ2) is 5.63. The van der Waals surface area contributed by atoms with Gasteiger partial charge in [0.25, 0.3) is 0 Å². The second-order valence-corrected chi connectivity index (χ2v) is 3.37. The molecule has 0 spiro atoms. The highest BCUT2D eigenvalue weighted by Crippen LogP contribution is 2.13. The molecule has 0 aliphatic carbocycles. The Hall–Kier alpha value is -1.62. The Bertz CT molecular complexity index is 505. The van der Waals surface area contributed by atoms with Gasteiger partial charge < -0.3 is 9.52 Å². The third kappa shape index (κ3) is 3.42. The highest BCUT2D eigenvalue weighted by molar-refractivity contribution is 8.93. The van der Waals surface area contributed by atoms with Gasteiger partial charge in [0, 0.05) is 6.42 Å². The minimum atomic E-state index is -1.09. The Morgan fingerprint density at radius 2 is 1.82 bits per heavy atom. The van der Waals surface area contributed by atoms with E-state index in [4.69, 9.17) is 9.52 Å². The Balaban J connectivity index is 0.00000144. The van der Waals surface area contributed by atoms with Crippen molar-refractivity contribution >= 4 is 23.0 Å². The van der Waals surface area contributed by atoms with Crippen LogP contribution in [0.4, 0.5) is 4.39 Å². The number of carboxylic acids is 1. The first-order chi connectivity index (χ1) is 7.65. The summed E-state index contributed by atoms with van der Waals surface area (Å²) in [4.78, 5) is 10.6. The number of rotatable bonds is 3. The quantitative estimate of drug-likeness (QED) is 0.946.